The number of benzene rings is 2. The number of hydrogen-bond donors (Lipinski definition) is 1. The molecule has 1 aliphatic carbocycles. The molecule has 0 unspecified atom stereocenters. The van der Waals surface area contributed by atoms with Gasteiger partial charge in [0, 0.05) is 29.4 Å². The fourth-order valence-corrected chi connectivity index (χ4v) is 3.15. The monoisotopic (exact) mass is 336 g/mol. The van der Waals surface area contributed by atoms with Gasteiger partial charge in [-0.3, -0.25) is 9.59 Å². The van der Waals surface area contributed by atoms with Gasteiger partial charge in [0.2, 0.25) is 5.91 Å². The Morgan fingerprint density at radius 1 is 1.12 bits per heavy atom. The van der Waals surface area contributed by atoms with Crippen LogP contribution in [0.4, 0.5) is 11.4 Å². The number of nitrogens with zero attached hydrogens (tertiary/aromatic N) is 1. The van der Waals surface area contributed by atoms with Crippen molar-refractivity contribution in [1.82, 2.24) is 0 Å². The van der Waals surface area contributed by atoms with Gasteiger partial charge in [-0.1, -0.05) is 6.07 Å². The van der Waals surface area contributed by atoms with E-state index in [9.17, 15) is 9.59 Å². The molecule has 1 heterocycles. The van der Waals surface area contributed by atoms with Crippen LogP contribution in [0.15, 0.2) is 42.5 Å². The number of anilines is 2. The number of carbonyl (C=O) groups is 2. The van der Waals surface area contributed by atoms with Crippen LogP contribution >= 0.6 is 0 Å². The molecular weight excluding hydrogens is 316 g/mol. The van der Waals surface area contributed by atoms with Crippen LogP contribution in [0.5, 0.6) is 5.75 Å². The highest BCUT2D eigenvalue weighted by molar-refractivity contribution is 6.08. The molecule has 2 aromatic carbocycles. The molecule has 0 bridgehead atoms. The summed E-state index contributed by atoms with van der Waals surface area (Å²) in [6.45, 7) is 0.653. The second-order valence-corrected chi connectivity index (χ2v) is 6.54. The van der Waals surface area contributed by atoms with E-state index < -0.39 is 0 Å². The molecule has 0 atom stereocenters. The fraction of sp³-hybridized carbons (Fsp3) is 0.300. The van der Waals surface area contributed by atoms with Crippen LogP contribution in [0.2, 0.25) is 0 Å². The topological polar surface area (TPSA) is 58.6 Å². The molecule has 5 nitrogen and oxygen atoms in total. The summed E-state index contributed by atoms with van der Waals surface area (Å²) in [7, 11) is 1.60. The van der Waals surface area contributed by atoms with Crippen molar-refractivity contribution in [2.75, 3.05) is 23.9 Å². The summed E-state index contributed by atoms with van der Waals surface area (Å²) >= 11 is 0. The zero-order valence-electron chi connectivity index (χ0n) is 14.1. The highest BCUT2D eigenvalue weighted by Crippen LogP contribution is 2.34. The van der Waals surface area contributed by atoms with E-state index in [0.717, 1.165) is 42.0 Å². The largest absolute Gasteiger partial charge is 0.497 e. The molecule has 0 aromatic heterocycles. The standard InChI is InChI=1S/C20H20N2O3/c1-25-17-8-5-15(6-9-17)20(24)22-11-10-13-4-7-16(12-18(13)22)21-19(23)14-2-3-14/h4-9,12,14H,2-3,10-11H2,1H3,(H,21,23). The van der Waals surface area contributed by atoms with Gasteiger partial charge in [-0.15, -0.1) is 0 Å². The van der Waals surface area contributed by atoms with Crippen molar-refractivity contribution in [3.63, 3.8) is 0 Å². The number of hydrogen-bond acceptors (Lipinski definition) is 3. The Labute approximate surface area is 146 Å². The smallest absolute Gasteiger partial charge is 0.258 e. The van der Waals surface area contributed by atoms with Crippen molar-refractivity contribution in [2.24, 2.45) is 5.92 Å². The summed E-state index contributed by atoms with van der Waals surface area (Å²) in [4.78, 5) is 26.6. The van der Waals surface area contributed by atoms with Crippen LogP contribution < -0.4 is 15.0 Å². The number of carbonyl (C=O) groups excluding carboxylic acids is 2. The predicted molar refractivity (Wildman–Crippen MR) is 96.2 cm³/mol. The molecule has 2 aliphatic rings. The molecule has 1 fully saturated rings. The summed E-state index contributed by atoms with van der Waals surface area (Å²) in [6, 6.07) is 13.0. The van der Waals surface area contributed by atoms with E-state index >= 15 is 0 Å². The average Bonchev–Trinajstić information content (AvgIpc) is 3.41. The molecule has 2 aromatic rings. The van der Waals surface area contributed by atoms with Crippen LogP contribution in [0.1, 0.15) is 28.8 Å². The molecule has 25 heavy (non-hydrogen) atoms. The summed E-state index contributed by atoms with van der Waals surface area (Å²) in [5.74, 6) is 0.923. The predicted octanol–water partition coefficient (Wildman–Crippen LogP) is 3.25. The van der Waals surface area contributed by atoms with Crippen LogP contribution in [0.25, 0.3) is 0 Å². The Morgan fingerprint density at radius 2 is 1.88 bits per heavy atom. The van der Waals surface area contributed by atoms with Crippen LogP contribution in [0, 0.1) is 5.92 Å². The Morgan fingerprint density at radius 3 is 2.56 bits per heavy atom. The van der Waals surface area contributed by atoms with E-state index in [4.69, 9.17) is 4.74 Å². The maximum absolute atomic E-state index is 12.9. The van der Waals surface area contributed by atoms with Crippen molar-refractivity contribution >= 4 is 23.2 Å². The number of methoxy groups -OCH3 is 1. The molecule has 0 radical (unpaired) electrons. The van der Waals surface area contributed by atoms with Crippen molar-refractivity contribution in [3.8, 4) is 5.75 Å². The zero-order chi connectivity index (χ0) is 17.4. The molecule has 5 heteroatoms. The number of rotatable bonds is 4. The van der Waals surface area contributed by atoms with Crippen molar-refractivity contribution in [1.29, 1.82) is 0 Å². The summed E-state index contributed by atoms with van der Waals surface area (Å²) in [5.41, 5.74) is 3.40. The minimum absolute atomic E-state index is 0.0351. The van der Waals surface area contributed by atoms with Gasteiger partial charge >= 0.3 is 0 Å². The molecule has 1 aliphatic heterocycles. The minimum atomic E-state index is -0.0351. The zero-order valence-corrected chi connectivity index (χ0v) is 14.1. The molecule has 1 N–H and O–H groups in total. The molecule has 1 saturated carbocycles. The Hall–Kier alpha value is -2.82. The summed E-state index contributed by atoms with van der Waals surface area (Å²) < 4.78 is 5.14. The second kappa shape index (κ2) is 6.24. The highest BCUT2D eigenvalue weighted by Gasteiger charge is 2.30. The molecule has 0 saturated heterocycles. The average molecular weight is 336 g/mol. The lowest BCUT2D eigenvalue weighted by Gasteiger charge is -2.18. The van der Waals surface area contributed by atoms with Crippen molar-refractivity contribution in [3.05, 3.63) is 53.6 Å². The van der Waals surface area contributed by atoms with E-state index in [1.165, 1.54) is 0 Å². The lowest BCUT2D eigenvalue weighted by Crippen LogP contribution is -2.28. The molecule has 0 spiro atoms. The number of fused-ring (bicyclic) bond motifs is 1. The first kappa shape index (κ1) is 15.7. The van der Waals surface area contributed by atoms with Gasteiger partial charge in [0.15, 0.2) is 0 Å². The third-order valence-corrected chi connectivity index (χ3v) is 4.78. The number of ether oxygens (including phenoxy) is 1. The Kier molecular flexibility index (Phi) is 3.92. The lowest BCUT2D eigenvalue weighted by molar-refractivity contribution is -0.117. The van der Waals surface area contributed by atoms with Crippen LogP contribution in [-0.2, 0) is 11.2 Å². The molecule has 2 amide bonds. The Bertz CT molecular complexity index is 825. The van der Waals surface area contributed by atoms with Gasteiger partial charge in [0.25, 0.3) is 5.91 Å². The third-order valence-electron chi connectivity index (χ3n) is 4.78. The van der Waals surface area contributed by atoms with E-state index in [-0.39, 0.29) is 17.7 Å². The van der Waals surface area contributed by atoms with E-state index in [1.54, 1.807) is 36.3 Å². The minimum Gasteiger partial charge on any atom is -0.497 e. The normalized spacial score (nSPS) is 15.6. The fourth-order valence-electron chi connectivity index (χ4n) is 3.15. The molecular formula is C20H20N2O3. The number of amides is 2. The van der Waals surface area contributed by atoms with Gasteiger partial charge in [-0.05, 0) is 61.2 Å². The first-order valence-electron chi connectivity index (χ1n) is 8.55. The lowest BCUT2D eigenvalue weighted by atomic mass is 10.1. The Balaban J connectivity index is 1.56. The third kappa shape index (κ3) is 3.09. The maximum Gasteiger partial charge on any atom is 0.258 e. The quantitative estimate of drug-likeness (QED) is 0.932. The van der Waals surface area contributed by atoms with Crippen LogP contribution in [-0.4, -0.2) is 25.5 Å². The van der Waals surface area contributed by atoms with Crippen molar-refractivity contribution in [2.45, 2.75) is 19.3 Å². The molecule has 128 valence electrons. The van der Waals surface area contributed by atoms with Gasteiger partial charge in [0.1, 0.15) is 5.75 Å². The van der Waals surface area contributed by atoms with Crippen LogP contribution in [0.3, 0.4) is 0 Å². The highest BCUT2D eigenvalue weighted by atomic mass is 16.5. The maximum atomic E-state index is 12.9. The van der Waals surface area contributed by atoms with Gasteiger partial charge in [0.05, 0.1) is 7.11 Å². The molecule has 4 rings (SSSR count). The first-order valence-corrected chi connectivity index (χ1v) is 8.55. The van der Waals surface area contributed by atoms with Gasteiger partial charge in [-0.2, -0.15) is 0 Å². The van der Waals surface area contributed by atoms with E-state index in [2.05, 4.69) is 5.32 Å². The summed E-state index contributed by atoms with van der Waals surface area (Å²) in [6.07, 6.45) is 2.77. The van der Waals surface area contributed by atoms with E-state index in [1.807, 2.05) is 18.2 Å². The first-order chi connectivity index (χ1) is 12.2. The van der Waals surface area contributed by atoms with Crippen molar-refractivity contribution < 1.29 is 14.3 Å². The SMILES string of the molecule is COc1ccc(C(=O)N2CCc3ccc(NC(=O)C4CC4)cc32)cc1. The summed E-state index contributed by atoms with van der Waals surface area (Å²) in [5, 5.41) is 2.95. The second-order valence-electron chi connectivity index (χ2n) is 6.54. The van der Waals surface area contributed by atoms with E-state index in [0.29, 0.717) is 12.1 Å². The van der Waals surface area contributed by atoms with Gasteiger partial charge in [-0.25, -0.2) is 0 Å². The number of nitrogens with one attached hydrogen (secondary N) is 1. The van der Waals surface area contributed by atoms with Gasteiger partial charge < -0.3 is 15.0 Å².